The number of amides is 1. The zero-order chi connectivity index (χ0) is 20.5. The van der Waals surface area contributed by atoms with E-state index in [4.69, 9.17) is 4.74 Å². The van der Waals surface area contributed by atoms with Crippen molar-refractivity contribution in [3.05, 3.63) is 64.8 Å². The Hall–Kier alpha value is -3.08. The van der Waals surface area contributed by atoms with Gasteiger partial charge in [-0.3, -0.25) is 9.78 Å². The number of pyridine rings is 1. The van der Waals surface area contributed by atoms with Crippen molar-refractivity contribution < 1.29 is 9.53 Å². The van der Waals surface area contributed by atoms with E-state index in [0.29, 0.717) is 13.1 Å². The summed E-state index contributed by atoms with van der Waals surface area (Å²) in [6, 6.07) is 14.2. The molecule has 0 bridgehead atoms. The number of hydrogen-bond acceptors (Lipinski definition) is 4. The zero-order valence-electron chi connectivity index (χ0n) is 17.5. The van der Waals surface area contributed by atoms with Crippen LogP contribution < -0.4 is 9.64 Å². The highest BCUT2D eigenvalue weighted by molar-refractivity contribution is 6.07. The third-order valence-electron chi connectivity index (χ3n) is 5.61. The van der Waals surface area contributed by atoms with E-state index in [1.807, 2.05) is 30.0 Å². The molecule has 1 aromatic heterocycles. The van der Waals surface area contributed by atoms with Crippen molar-refractivity contribution >= 4 is 22.5 Å². The molecule has 1 fully saturated rings. The SMILES string of the molecule is COc1ccc(N2CCN(C(=O)c3cc(C)nc4c(C)cc(C)cc34)CC2)cc1. The molecule has 0 atom stereocenters. The summed E-state index contributed by atoms with van der Waals surface area (Å²) in [5, 5.41) is 0.954. The lowest BCUT2D eigenvalue weighted by atomic mass is 10.0. The lowest BCUT2D eigenvalue weighted by Crippen LogP contribution is -2.48. The van der Waals surface area contributed by atoms with Crippen molar-refractivity contribution in [2.24, 2.45) is 0 Å². The van der Waals surface area contributed by atoms with Crippen molar-refractivity contribution in [3.63, 3.8) is 0 Å². The first kappa shape index (κ1) is 19.2. The van der Waals surface area contributed by atoms with Crippen LogP contribution in [0.3, 0.4) is 0 Å². The van der Waals surface area contributed by atoms with Crippen LogP contribution in [0.2, 0.25) is 0 Å². The molecule has 0 N–H and O–H groups in total. The third-order valence-corrected chi connectivity index (χ3v) is 5.61. The Labute approximate surface area is 171 Å². The van der Waals surface area contributed by atoms with E-state index in [-0.39, 0.29) is 5.91 Å². The molecule has 2 aromatic carbocycles. The molecular formula is C24H27N3O2. The highest BCUT2D eigenvalue weighted by Gasteiger charge is 2.24. The second kappa shape index (κ2) is 7.74. The van der Waals surface area contributed by atoms with Gasteiger partial charge in [0.25, 0.3) is 5.91 Å². The summed E-state index contributed by atoms with van der Waals surface area (Å²) in [6.45, 7) is 9.13. The van der Waals surface area contributed by atoms with E-state index >= 15 is 0 Å². The highest BCUT2D eigenvalue weighted by Crippen LogP contribution is 2.26. The van der Waals surface area contributed by atoms with Gasteiger partial charge in [-0.25, -0.2) is 0 Å². The summed E-state index contributed by atoms with van der Waals surface area (Å²) < 4.78 is 5.24. The first-order chi connectivity index (χ1) is 14.0. The molecule has 1 aliphatic heterocycles. The topological polar surface area (TPSA) is 45.7 Å². The summed E-state index contributed by atoms with van der Waals surface area (Å²) in [5.41, 5.74) is 5.99. The smallest absolute Gasteiger partial charge is 0.254 e. The first-order valence-corrected chi connectivity index (χ1v) is 10.0. The molecule has 29 heavy (non-hydrogen) atoms. The summed E-state index contributed by atoms with van der Waals surface area (Å²) in [6.07, 6.45) is 0. The lowest BCUT2D eigenvalue weighted by Gasteiger charge is -2.36. The van der Waals surface area contributed by atoms with E-state index in [2.05, 4.69) is 48.0 Å². The van der Waals surface area contributed by atoms with Crippen LogP contribution >= 0.6 is 0 Å². The van der Waals surface area contributed by atoms with E-state index in [0.717, 1.165) is 57.8 Å². The fourth-order valence-electron chi connectivity index (χ4n) is 4.12. The minimum absolute atomic E-state index is 0.0971. The number of aromatic nitrogens is 1. The maximum Gasteiger partial charge on any atom is 0.254 e. The van der Waals surface area contributed by atoms with Crippen LogP contribution in [0.4, 0.5) is 5.69 Å². The van der Waals surface area contributed by atoms with Crippen LogP contribution in [0, 0.1) is 20.8 Å². The number of aryl methyl sites for hydroxylation is 3. The number of ether oxygens (including phenoxy) is 1. The molecule has 1 amide bonds. The molecule has 5 nitrogen and oxygen atoms in total. The maximum atomic E-state index is 13.4. The fraction of sp³-hybridized carbons (Fsp3) is 0.333. The minimum Gasteiger partial charge on any atom is -0.497 e. The second-order valence-corrected chi connectivity index (χ2v) is 7.77. The Morgan fingerprint density at radius 2 is 1.66 bits per heavy atom. The van der Waals surface area contributed by atoms with Gasteiger partial charge in [0.2, 0.25) is 0 Å². The van der Waals surface area contributed by atoms with Crippen molar-refractivity contribution in [2.45, 2.75) is 20.8 Å². The number of benzene rings is 2. The minimum atomic E-state index is 0.0971. The number of hydrogen-bond donors (Lipinski definition) is 0. The largest absolute Gasteiger partial charge is 0.497 e. The molecule has 4 rings (SSSR count). The van der Waals surface area contributed by atoms with Gasteiger partial charge in [0.15, 0.2) is 0 Å². The van der Waals surface area contributed by atoms with Gasteiger partial charge in [-0.05, 0) is 62.7 Å². The van der Waals surface area contributed by atoms with Gasteiger partial charge in [0.05, 0.1) is 18.2 Å². The normalized spacial score (nSPS) is 14.3. The Balaban J connectivity index is 1.55. The summed E-state index contributed by atoms with van der Waals surface area (Å²) >= 11 is 0. The number of carbonyl (C=O) groups is 1. The number of nitrogens with zero attached hydrogens (tertiary/aromatic N) is 3. The van der Waals surface area contributed by atoms with Crippen molar-refractivity contribution in [1.29, 1.82) is 0 Å². The molecule has 0 unspecified atom stereocenters. The first-order valence-electron chi connectivity index (χ1n) is 10.0. The van der Waals surface area contributed by atoms with Crippen LogP contribution in [0.25, 0.3) is 10.9 Å². The van der Waals surface area contributed by atoms with E-state index in [9.17, 15) is 4.79 Å². The molecule has 0 radical (unpaired) electrons. The Morgan fingerprint density at radius 3 is 2.31 bits per heavy atom. The van der Waals surface area contributed by atoms with Gasteiger partial charge in [-0.2, -0.15) is 0 Å². The van der Waals surface area contributed by atoms with E-state index < -0.39 is 0 Å². The van der Waals surface area contributed by atoms with Gasteiger partial charge in [-0.15, -0.1) is 0 Å². The lowest BCUT2D eigenvalue weighted by molar-refractivity contribution is 0.0748. The van der Waals surface area contributed by atoms with Gasteiger partial charge in [0.1, 0.15) is 5.75 Å². The summed E-state index contributed by atoms with van der Waals surface area (Å²) in [4.78, 5) is 22.3. The monoisotopic (exact) mass is 389 g/mol. The number of piperazine rings is 1. The predicted molar refractivity (Wildman–Crippen MR) is 117 cm³/mol. The quantitative estimate of drug-likeness (QED) is 0.676. The molecule has 150 valence electrons. The van der Waals surface area contributed by atoms with Gasteiger partial charge < -0.3 is 14.5 Å². The average molecular weight is 389 g/mol. The summed E-state index contributed by atoms with van der Waals surface area (Å²) in [7, 11) is 1.67. The highest BCUT2D eigenvalue weighted by atomic mass is 16.5. The Morgan fingerprint density at radius 1 is 0.966 bits per heavy atom. The summed E-state index contributed by atoms with van der Waals surface area (Å²) in [5.74, 6) is 0.952. The van der Waals surface area contributed by atoms with Gasteiger partial charge >= 0.3 is 0 Å². The van der Waals surface area contributed by atoms with Crippen LogP contribution in [0.1, 0.15) is 27.2 Å². The molecular weight excluding hydrogens is 362 g/mol. The van der Waals surface area contributed by atoms with Crippen molar-refractivity contribution in [3.8, 4) is 5.75 Å². The van der Waals surface area contributed by atoms with Crippen LogP contribution in [-0.4, -0.2) is 49.1 Å². The van der Waals surface area contributed by atoms with Gasteiger partial charge in [-0.1, -0.05) is 11.6 Å². The molecule has 0 saturated carbocycles. The fourth-order valence-corrected chi connectivity index (χ4v) is 4.12. The zero-order valence-corrected chi connectivity index (χ0v) is 17.5. The molecule has 1 saturated heterocycles. The molecule has 5 heteroatoms. The maximum absolute atomic E-state index is 13.4. The molecule has 2 heterocycles. The number of anilines is 1. The second-order valence-electron chi connectivity index (χ2n) is 7.77. The van der Waals surface area contributed by atoms with Crippen LogP contribution in [0.15, 0.2) is 42.5 Å². The molecule has 1 aliphatic rings. The number of methoxy groups -OCH3 is 1. The predicted octanol–water partition coefficient (Wildman–Crippen LogP) is 4.13. The van der Waals surface area contributed by atoms with Crippen molar-refractivity contribution in [2.75, 3.05) is 38.2 Å². The standard InChI is InChI=1S/C24H27N3O2/c1-16-13-17(2)23-21(14-16)22(15-18(3)25-23)24(28)27-11-9-26(10-12-27)19-5-7-20(29-4)8-6-19/h5-8,13-15H,9-12H2,1-4H3. The van der Waals surface area contributed by atoms with Crippen LogP contribution in [0.5, 0.6) is 5.75 Å². The third kappa shape index (κ3) is 3.77. The van der Waals surface area contributed by atoms with Crippen molar-refractivity contribution in [1.82, 2.24) is 9.88 Å². The Bertz CT molecular complexity index is 1050. The van der Waals surface area contributed by atoms with Gasteiger partial charge in [0, 0.05) is 42.9 Å². The van der Waals surface area contributed by atoms with E-state index in [1.165, 1.54) is 0 Å². The number of fused-ring (bicyclic) bond motifs is 1. The Kier molecular flexibility index (Phi) is 5.14. The molecule has 3 aromatic rings. The van der Waals surface area contributed by atoms with E-state index in [1.54, 1.807) is 7.11 Å². The van der Waals surface area contributed by atoms with Crippen LogP contribution in [-0.2, 0) is 0 Å². The molecule has 0 spiro atoms. The number of rotatable bonds is 3. The molecule has 0 aliphatic carbocycles. The number of carbonyl (C=O) groups excluding carboxylic acids is 1. The average Bonchev–Trinajstić information content (AvgIpc) is 2.73.